The molecule has 8 N–H and O–H groups in total. The summed E-state index contributed by atoms with van der Waals surface area (Å²) in [5.74, 6) is -7.37. The predicted molar refractivity (Wildman–Crippen MR) is 96.2 cm³/mol. The monoisotopic (exact) mass is 421 g/mol. The Bertz CT molecular complexity index is 565. The molecule has 0 aliphatic heterocycles. The van der Waals surface area contributed by atoms with Crippen molar-refractivity contribution in [2.75, 3.05) is 26.2 Å². The minimum Gasteiger partial charge on any atom is -0.481 e. The molecule has 0 amide bonds. The van der Waals surface area contributed by atoms with E-state index in [1.54, 1.807) is 0 Å². The molecule has 0 unspecified atom stereocenters. The topological polar surface area (TPSA) is 226 Å². The van der Waals surface area contributed by atoms with Gasteiger partial charge in [-0.3, -0.25) is 24.0 Å². The van der Waals surface area contributed by atoms with Gasteiger partial charge in [0.05, 0.1) is 31.2 Å². The maximum atomic E-state index is 11.7. The number of carbonyl (C=O) groups is 5. The van der Waals surface area contributed by atoms with Gasteiger partial charge in [0.25, 0.3) is 0 Å². The van der Waals surface area contributed by atoms with Gasteiger partial charge in [0.2, 0.25) is 0 Å². The maximum absolute atomic E-state index is 11.7. The summed E-state index contributed by atoms with van der Waals surface area (Å²) in [5, 5.41) is 42.9. The number of esters is 1. The smallest absolute Gasteiger partial charge is 0.307 e. The van der Waals surface area contributed by atoms with E-state index in [0.717, 1.165) is 6.92 Å². The van der Waals surface area contributed by atoms with Crippen LogP contribution in [-0.2, 0) is 28.7 Å². The Hall–Kier alpha value is -2.77. The van der Waals surface area contributed by atoms with Gasteiger partial charge in [0.1, 0.15) is 0 Å². The minimum absolute atomic E-state index is 0.0805. The number of nitrogens with two attached hydrogens (primary N) is 1. The van der Waals surface area contributed by atoms with Gasteiger partial charge in [0, 0.05) is 33.1 Å². The first kappa shape index (κ1) is 26.2. The van der Waals surface area contributed by atoms with Crippen molar-refractivity contribution in [3.8, 4) is 0 Å². The largest absolute Gasteiger partial charge is 0.481 e. The third kappa shape index (κ3) is 8.85. The molecule has 0 heterocycles. The summed E-state index contributed by atoms with van der Waals surface area (Å²) in [5.41, 5.74) is 0.626. The lowest BCUT2D eigenvalue weighted by Gasteiger charge is -2.47. The number of carboxylic acid groups (broad SMARTS) is 4. The molecule has 0 aliphatic rings. The number of ether oxygens (including phenoxy) is 1. The molecule has 0 saturated carbocycles. The van der Waals surface area contributed by atoms with Crippen LogP contribution in [0.15, 0.2) is 0 Å². The second-order valence-electron chi connectivity index (χ2n) is 6.42. The molecular weight excluding hydrogens is 394 g/mol. The summed E-state index contributed by atoms with van der Waals surface area (Å²) in [4.78, 5) is 57.7. The van der Waals surface area contributed by atoms with E-state index in [-0.39, 0.29) is 13.1 Å². The van der Waals surface area contributed by atoms with E-state index in [2.05, 4.69) is 10.6 Å². The highest BCUT2D eigenvalue weighted by Gasteiger charge is 2.58. The molecule has 0 radical (unpaired) electrons. The predicted octanol–water partition coefficient (Wildman–Crippen LogP) is -1.94. The fourth-order valence-electron chi connectivity index (χ4n) is 3.14. The van der Waals surface area contributed by atoms with Crippen LogP contribution in [0.4, 0.5) is 0 Å². The van der Waals surface area contributed by atoms with Crippen LogP contribution < -0.4 is 16.4 Å². The Morgan fingerprint density at radius 1 is 0.793 bits per heavy atom. The quantitative estimate of drug-likeness (QED) is 0.106. The average Bonchev–Trinajstić information content (AvgIpc) is 2.51. The van der Waals surface area contributed by atoms with Gasteiger partial charge < -0.3 is 41.5 Å². The lowest BCUT2D eigenvalue weighted by molar-refractivity contribution is -0.186. The van der Waals surface area contributed by atoms with Crippen LogP contribution in [0.25, 0.3) is 0 Å². The van der Waals surface area contributed by atoms with E-state index in [1.165, 1.54) is 0 Å². The zero-order valence-electron chi connectivity index (χ0n) is 16.0. The lowest BCUT2D eigenvalue weighted by atomic mass is 9.70. The standard InChI is InChI=1S/C16H27N3O10/c1-10(20)29-16(8-13(25)26,9-14(27)28)15(6-11(21)22,7-12(23)24)19-5-4-18-3-2-17/h18-19H,2-9,17H2,1H3,(H,21,22)(H,23,24)(H,25,26)(H,27,28). The normalized spacial score (nSPS) is 11.7. The molecule has 13 heteroatoms. The van der Waals surface area contributed by atoms with Crippen LogP contribution in [0.3, 0.4) is 0 Å². The summed E-state index contributed by atoms with van der Waals surface area (Å²) >= 11 is 0. The zero-order chi connectivity index (χ0) is 22.7. The number of rotatable bonds is 16. The average molecular weight is 421 g/mol. The SMILES string of the molecule is CC(=O)OC(CC(=O)O)(CC(=O)O)C(CC(=O)O)(CC(=O)O)NCCNCCN. The summed E-state index contributed by atoms with van der Waals surface area (Å²) in [6.45, 7) is 1.67. The first-order chi connectivity index (χ1) is 13.4. The molecule has 0 rings (SSSR count). The minimum atomic E-state index is -2.48. The van der Waals surface area contributed by atoms with E-state index in [9.17, 15) is 44.4 Å². The first-order valence-electron chi connectivity index (χ1n) is 8.62. The highest BCUT2D eigenvalue weighted by atomic mass is 16.6. The van der Waals surface area contributed by atoms with Crippen molar-refractivity contribution >= 4 is 29.8 Å². The van der Waals surface area contributed by atoms with Gasteiger partial charge in [0.15, 0.2) is 5.60 Å². The second-order valence-corrected chi connectivity index (χ2v) is 6.42. The maximum Gasteiger partial charge on any atom is 0.307 e. The number of nitrogens with one attached hydrogen (secondary N) is 2. The summed E-state index contributed by atoms with van der Waals surface area (Å²) in [7, 11) is 0. The molecule has 0 atom stereocenters. The molecule has 0 aromatic rings. The number of carbonyl (C=O) groups excluding carboxylic acids is 1. The summed E-state index contributed by atoms with van der Waals surface area (Å²) in [6, 6.07) is 0. The van der Waals surface area contributed by atoms with E-state index < -0.39 is 66.7 Å². The zero-order valence-corrected chi connectivity index (χ0v) is 16.0. The van der Waals surface area contributed by atoms with Crippen molar-refractivity contribution in [1.29, 1.82) is 0 Å². The Balaban J connectivity index is 6.44. The van der Waals surface area contributed by atoms with Gasteiger partial charge in [-0.2, -0.15) is 0 Å². The van der Waals surface area contributed by atoms with Gasteiger partial charge in [-0.25, -0.2) is 0 Å². The van der Waals surface area contributed by atoms with Gasteiger partial charge in [-0.15, -0.1) is 0 Å². The summed E-state index contributed by atoms with van der Waals surface area (Å²) in [6.07, 6.45) is -4.26. The van der Waals surface area contributed by atoms with Crippen molar-refractivity contribution < 1.29 is 49.1 Å². The molecule has 0 saturated heterocycles. The van der Waals surface area contributed by atoms with E-state index >= 15 is 0 Å². The van der Waals surface area contributed by atoms with E-state index in [4.69, 9.17) is 10.5 Å². The van der Waals surface area contributed by atoms with Crippen LogP contribution >= 0.6 is 0 Å². The Morgan fingerprint density at radius 2 is 1.24 bits per heavy atom. The second kappa shape index (κ2) is 11.9. The van der Waals surface area contributed by atoms with Crippen LogP contribution in [0.1, 0.15) is 32.6 Å². The number of hydrogen-bond donors (Lipinski definition) is 7. The Labute approximate surface area is 166 Å². The van der Waals surface area contributed by atoms with Gasteiger partial charge in [-0.1, -0.05) is 0 Å². The Kier molecular flexibility index (Phi) is 10.8. The van der Waals surface area contributed by atoms with Crippen LogP contribution in [0, 0.1) is 0 Å². The van der Waals surface area contributed by atoms with Crippen LogP contribution in [0.2, 0.25) is 0 Å². The first-order valence-corrected chi connectivity index (χ1v) is 8.62. The van der Waals surface area contributed by atoms with Crippen molar-refractivity contribution in [2.24, 2.45) is 5.73 Å². The van der Waals surface area contributed by atoms with Crippen LogP contribution in [0.5, 0.6) is 0 Å². The van der Waals surface area contributed by atoms with Crippen molar-refractivity contribution in [3.63, 3.8) is 0 Å². The molecular formula is C16H27N3O10. The lowest BCUT2D eigenvalue weighted by Crippen LogP contribution is -2.68. The highest BCUT2D eigenvalue weighted by Crippen LogP contribution is 2.39. The molecule has 13 nitrogen and oxygen atoms in total. The highest BCUT2D eigenvalue weighted by molar-refractivity contribution is 5.79. The fourth-order valence-corrected chi connectivity index (χ4v) is 3.14. The molecule has 0 aliphatic carbocycles. The fraction of sp³-hybridized carbons (Fsp3) is 0.688. The molecule has 0 aromatic carbocycles. The molecule has 0 fully saturated rings. The number of carboxylic acids is 4. The third-order valence-electron chi connectivity index (χ3n) is 4.08. The van der Waals surface area contributed by atoms with Gasteiger partial charge in [-0.05, 0) is 0 Å². The number of hydrogen-bond acceptors (Lipinski definition) is 9. The molecule has 0 aromatic heterocycles. The van der Waals surface area contributed by atoms with Crippen molar-refractivity contribution in [1.82, 2.24) is 10.6 Å². The number of aliphatic carboxylic acids is 4. The molecule has 29 heavy (non-hydrogen) atoms. The Morgan fingerprint density at radius 3 is 1.59 bits per heavy atom. The van der Waals surface area contributed by atoms with Crippen LogP contribution in [-0.4, -0.2) is 87.6 Å². The van der Waals surface area contributed by atoms with E-state index in [0.29, 0.717) is 13.1 Å². The van der Waals surface area contributed by atoms with Gasteiger partial charge >= 0.3 is 29.8 Å². The van der Waals surface area contributed by atoms with E-state index in [1.807, 2.05) is 0 Å². The summed E-state index contributed by atoms with van der Waals surface area (Å²) < 4.78 is 5.07. The van der Waals surface area contributed by atoms with Crippen molar-refractivity contribution in [3.05, 3.63) is 0 Å². The molecule has 0 bridgehead atoms. The third-order valence-corrected chi connectivity index (χ3v) is 4.08. The molecule has 166 valence electrons. The van der Waals surface area contributed by atoms with Crippen molar-refractivity contribution in [2.45, 2.75) is 43.7 Å². The molecule has 0 spiro atoms.